The molecule has 0 unspecified atom stereocenters. The highest BCUT2D eigenvalue weighted by atomic mass is 32.2. The van der Waals surface area contributed by atoms with E-state index in [0.29, 0.717) is 12.2 Å². The molecule has 1 atom stereocenters. The van der Waals surface area contributed by atoms with E-state index in [4.69, 9.17) is 4.74 Å². The molecule has 0 aliphatic rings. The highest BCUT2D eigenvalue weighted by Gasteiger charge is 2.34. The van der Waals surface area contributed by atoms with E-state index in [1.54, 1.807) is 6.92 Å². The molecule has 0 saturated carbocycles. The predicted octanol–water partition coefficient (Wildman–Crippen LogP) is 4.67. The van der Waals surface area contributed by atoms with Gasteiger partial charge in [-0.1, -0.05) is 36.8 Å². The lowest BCUT2D eigenvalue weighted by Gasteiger charge is -2.33. The van der Waals surface area contributed by atoms with E-state index in [0.717, 1.165) is 27.6 Å². The van der Waals surface area contributed by atoms with Crippen LogP contribution in [0.3, 0.4) is 0 Å². The van der Waals surface area contributed by atoms with Crippen LogP contribution >= 0.6 is 0 Å². The SMILES string of the molecule is CC[C@H](C(=O)NC(C)C)N(Cc1ccc(C)cc1)C(=O)CN(c1ccc(F)cc1)S(=O)(=O)c1ccc(OC)cc1. The number of sulfonamides is 1. The minimum absolute atomic E-state index is 0.0694. The zero-order chi connectivity index (χ0) is 29.4. The van der Waals surface area contributed by atoms with Gasteiger partial charge in [0.25, 0.3) is 10.0 Å². The summed E-state index contributed by atoms with van der Waals surface area (Å²) < 4.78 is 47.5. The first-order valence-corrected chi connectivity index (χ1v) is 14.5. The summed E-state index contributed by atoms with van der Waals surface area (Å²) in [5.41, 5.74) is 1.95. The number of carbonyl (C=O) groups is 2. The second-order valence-corrected chi connectivity index (χ2v) is 11.6. The van der Waals surface area contributed by atoms with Crippen LogP contribution in [-0.2, 0) is 26.2 Å². The van der Waals surface area contributed by atoms with E-state index in [1.165, 1.54) is 48.4 Å². The number of nitrogens with one attached hydrogen (secondary N) is 1. The molecule has 0 bridgehead atoms. The number of methoxy groups -OCH3 is 1. The summed E-state index contributed by atoms with van der Waals surface area (Å²) >= 11 is 0. The summed E-state index contributed by atoms with van der Waals surface area (Å²) in [6, 6.07) is 17.2. The van der Waals surface area contributed by atoms with Gasteiger partial charge in [0.05, 0.1) is 17.7 Å². The maximum atomic E-state index is 14.0. The molecule has 2 amide bonds. The standard InChI is InChI=1S/C30H36FN3O5S/c1-6-28(30(36)32-21(2)3)33(19-23-9-7-22(4)8-10-23)29(35)20-34(25-13-11-24(31)12-14-25)40(37,38)27-17-15-26(39-5)16-18-27/h7-18,21,28H,6,19-20H2,1-5H3,(H,32,36)/t28-/m1/s1. The fourth-order valence-electron chi connectivity index (χ4n) is 4.20. The van der Waals surface area contributed by atoms with Crippen molar-refractivity contribution in [2.75, 3.05) is 18.0 Å². The average molecular weight is 570 g/mol. The van der Waals surface area contributed by atoms with Gasteiger partial charge in [0.1, 0.15) is 24.2 Å². The van der Waals surface area contributed by atoms with E-state index >= 15 is 0 Å². The van der Waals surface area contributed by atoms with Gasteiger partial charge in [-0.2, -0.15) is 0 Å². The second-order valence-electron chi connectivity index (χ2n) is 9.76. The van der Waals surface area contributed by atoms with Crippen LogP contribution in [-0.4, -0.2) is 50.9 Å². The highest BCUT2D eigenvalue weighted by Crippen LogP contribution is 2.26. The van der Waals surface area contributed by atoms with Gasteiger partial charge in [-0.3, -0.25) is 13.9 Å². The van der Waals surface area contributed by atoms with E-state index in [1.807, 2.05) is 45.0 Å². The Labute approximate surface area is 235 Å². The fraction of sp³-hybridized carbons (Fsp3) is 0.333. The number of carbonyl (C=O) groups excluding carboxylic acids is 2. The molecule has 0 aliphatic heterocycles. The number of hydrogen-bond acceptors (Lipinski definition) is 5. The van der Waals surface area contributed by atoms with Crippen LogP contribution in [0.15, 0.2) is 77.7 Å². The number of benzene rings is 3. The molecule has 10 heteroatoms. The van der Waals surface area contributed by atoms with Gasteiger partial charge in [-0.25, -0.2) is 12.8 Å². The maximum Gasteiger partial charge on any atom is 0.264 e. The Hall–Kier alpha value is -3.92. The number of anilines is 1. The van der Waals surface area contributed by atoms with Gasteiger partial charge in [-0.05, 0) is 81.3 Å². The molecule has 1 N–H and O–H groups in total. The first-order chi connectivity index (χ1) is 19.0. The van der Waals surface area contributed by atoms with Crippen LogP contribution in [0.1, 0.15) is 38.3 Å². The first-order valence-electron chi connectivity index (χ1n) is 13.0. The van der Waals surface area contributed by atoms with Crippen molar-refractivity contribution in [2.24, 2.45) is 0 Å². The van der Waals surface area contributed by atoms with Gasteiger partial charge in [0.15, 0.2) is 0 Å². The normalized spacial score (nSPS) is 12.1. The summed E-state index contributed by atoms with van der Waals surface area (Å²) in [6.45, 7) is 6.90. The van der Waals surface area contributed by atoms with Crippen molar-refractivity contribution in [3.8, 4) is 5.75 Å². The predicted molar refractivity (Wildman–Crippen MR) is 153 cm³/mol. The number of aryl methyl sites for hydroxylation is 1. The number of ether oxygens (including phenoxy) is 1. The first kappa shape index (κ1) is 30.6. The molecule has 3 rings (SSSR count). The fourth-order valence-corrected chi connectivity index (χ4v) is 5.62. The van der Waals surface area contributed by atoms with Crippen molar-refractivity contribution >= 4 is 27.5 Å². The molecule has 0 aromatic heterocycles. The van der Waals surface area contributed by atoms with Crippen LogP contribution < -0.4 is 14.4 Å². The zero-order valence-electron chi connectivity index (χ0n) is 23.4. The Bertz CT molecular complexity index is 1390. The molecule has 3 aromatic carbocycles. The number of halogens is 1. The van der Waals surface area contributed by atoms with Crippen molar-refractivity contribution in [3.05, 3.63) is 89.7 Å². The summed E-state index contributed by atoms with van der Waals surface area (Å²) in [5.74, 6) is -0.985. The topological polar surface area (TPSA) is 96.0 Å². The van der Waals surface area contributed by atoms with Gasteiger partial charge < -0.3 is 15.0 Å². The van der Waals surface area contributed by atoms with Crippen LogP contribution in [0.5, 0.6) is 5.75 Å². The Kier molecular flexibility index (Phi) is 10.3. The summed E-state index contributed by atoms with van der Waals surface area (Å²) in [6.07, 6.45) is 0.317. The molecule has 0 heterocycles. The van der Waals surface area contributed by atoms with Gasteiger partial charge >= 0.3 is 0 Å². The monoisotopic (exact) mass is 569 g/mol. The molecule has 0 spiro atoms. The van der Waals surface area contributed by atoms with Gasteiger partial charge in [0, 0.05) is 12.6 Å². The molecule has 3 aromatic rings. The molecule has 214 valence electrons. The Morgan fingerprint density at radius 3 is 2.08 bits per heavy atom. The van der Waals surface area contributed by atoms with E-state index in [9.17, 15) is 22.4 Å². The Morgan fingerprint density at radius 2 is 1.55 bits per heavy atom. The van der Waals surface area contributed by atoms with Gasteiger partial charge in [0.2, 0.25) is 11.8 Å². The van der Waals surface area contributed by atoms with Crippen molar-refractivity contribution < 1.29 is 27.1 Å². The minimum Gasteiger partial charge on any atom is -0.497 e. The van der Waals surface area contributed by atoms with Crippen LogP contribution in [0.2, 0.25) is 0 Å². The van der Waals surface area contributed by atoms with Crippen molar-refractivity contribution in [1.82, 2.24) is 10.2 Å². The van der Waals surface area contributed by atoms with E-state index < -0.39 is 34.3 Å². The van der Waals surface area contributed by atoms with Crippen molar-refractivity contribution in [2.45, 2.75) is 57.6 Å². The van der Waals surface area contributed by atoms with Crippen LogP contribution in [0.4, 0.5) is 10.1 Å². The molecule has 0 aliphatic carbocycles. The quantitative estimate of drug-likeness (QED) is 0.342. The van der Waals surface area contributed by atoms with Crippen LogP contribution in [0.25, 0.3) is 0 Å². The molecular formula is C30H36FN3O5S. The maximum absolute atomic E-state index is 14.0. The third-order valence-corrected chi connectivity index (χ3v) is 8.12. The van der Waals surface area contributed by atoms with E-state index in [2.05, 4.69) is 5.32 Å². The number of nitrogens with zero attached hydrogens (tertiary/aromatic N) is 2. The summed E-state index contributed by atoms with van der Waals surface area (Å²) in [7, 11) is -2.80. The Morgan fingerprint density at radius 1 is 0.950 bits per heavy atom. The number of amides is 2. The Balaban J connectivity index is 2.05. The van der Waals surface area contributed by atoms with Crippen molar-refractivity contribution in [3.63, 3.8) is 0 Å². The minimum atomic E-state index is -4.26. The molecule has 40 heavy (non-hydrogen) atoms. The molecule has 0 saturated heterocycles. The van der Waals surface area contributed by atoms with Crippen molar-refractivity contribution in [1.29, 1.82) is 0 Å². The molecule has 0 fully saturated rings. The number of hydrogen-bond donors (Lipinski definition) is 1. The lowest BCUT2D eigenvalue weighted by atomic mass is 10.1. The molecule has 8 nitrogen and oxygen atoms in total. The summed E-state index contributed by atoms with van der Waals surface area (Å²) in [5, 5.41) is 2.86. The number of rotatable bonds is 12. The third kappa shape index (κ3) is 7.59. The third-order valence-electron chi connectivity index (χ3n) is 6.33. The average Bonchev–Trinajstić information content (AvgIpc) is 2.92. The molecular weight excluding hydrogens is 533 g/mol. The van der Waals surface area contributed by atoms with Gasteiger partial charge in [-0.15, -0.1) is 0 Å². The van der Waals surface area contributed by atoms with E-state index in [-0.39, 0.29) is 29.1 Å². The zero-order valence-corrected chi connectivity index (χ0v) is 24.2. The lowest BCUT2D eigenvalue weighted by molar-refractivity contribution is -0.140. The lowest BCUT2D eigenvalue weighted by Crippen LogP contribution is -2.53. The largest absolute Gasteiger partial charge is 0.497 e. The summed E-state index contributed by atoms with van der Waals surface area (Å²) in [4.78, 5) is 28.5. The molecule has 0 radical (unpaired) electrons. The second kappa shape index (κ2) is 13.4. The highest BCUT2D eigenvalue weighted by molar-refractivity contribution is 7.92. The van der Waals surface area contributed by atoms with Crippen LogP contribution in [0, 0.1) is 12.7 Å². The smallest absolute Gasteiger partial charge is 0.264 e.